The second-order valence-electron chi connectivity index (χ2n) is 6.80. The summed E-state index contributed by atoms with van der Waals surface area (Å²) in [4.78, 5) is 43.7. The lowest BCUT2D eigenvalue weighted by molar-refractivity contribution is -0.152. The van der Waals surface area contributed by atoms with Gasteiger partial charge in [0.1, 0.15) is 0 Å². The van der Waals surface area contributed by atoms with E-state index in [1.807, 2.05) is 11.9 Å². The Bertz CT molecular complexity index is 478. The van der Waals surface area contributed by atoms with Crippen molar-refractivity contribution >= 4 is 17.7 Å². The molecule has 0 radical (unpaired) electrons. The van der Waals surface area contributed by atoms with Crippen molar-refractivity contribution in [1.82, 2.24) is 19.6 Å². The van der Waals surface area contributed by atoms with Gasteiger partial charge in [-0.25, -0.2) is 0 Å². The summed E-state index contributed by atoms with van der Waals surface area (Å²) >= 11 is 0. The van der Waals surface area contributed by atoms with Crippen LogP contribution in [0, 0.1) is 0 Å². The molecule has 0 aromatic carbocycles. The summed E-state index contributed by atoms with van der Waals surface area (Å²) in [5.74, 6) is -0.589. The number of hydrogen-bond acceptors (Lipinski definition) is 4. The highest BCUT2D eigenvalue weighted by Gasteiger charge is 2.33. The fraction of sp³-hybridized carbons (Fsp3) is 0.812. The third kappa shape index (κ3) is 3.83. The molecule has 3 rings (SSSR count). The van der Waals surface area contributed by atoms with Crippen LogP contribution in [-0.4, -0.2) is 96.2 Å². The van der Waals surface area contributed by atoms with E-state index in [0.29, 0.717) is 51.9 Å². The summed E-state index contributed by atoms with van der Waals surface area (Å²) in [6.45, 7) is 4.18. The molecule has 7 heteroatoms. The molecule has 7 nitrogen and oxygen atoms in total. The van der Waals surface area contributed by atoms with E-state index in [1.54, 1.807) is 9.80 Å². The number of likely N-dealkylation sites (tertiary alicyclic amines) is 1. The average molecular weight is 322 g/mol. The molecule has 0 unspecified atom stereocenters. The largest absolute Gasteiger partial charge is 0.342 e. The van der Waals surface area contributed by atoms with Crippen LogP contribution in [0.25, 0.3) is 0 Å². The van der Waals surface area contributed by atoms with Gasteiger partial charge in [0.25, 0.3) is 0 Å². The van der Waals surface area contributed by atoms with Gasteiger partial charge in [0.2, 0.25) is 5.91 Å². The number of carbonyl (C=O) groups is 3. The van der Waals surface area contributed by atoms with Crippen LogP contribution in [0.1, 0.15) is 25.7 Å². The standard InChI is InChI=1S/C16H26N4O3/c1-17(13-4-5-13)14(21)12-18-8-10-20(11-9-18)16(23)15(22)19-6-2-3-7-19/h13H,2-12H2,1H3. The zero-order valence-electron chi connectivity index (χ0n) is 13.9. The number of piperazine rings is 1. The van der Waals surface area contributed by atoms with E-state index in [9.17, 15) is 14.4 Å². The van der Waals surface area contributed by atoms with Gasteiger partial charge in [0.05, 0.1) is 6.54 Å². The molecule has 2 saturated heterocycles. The van der Waals surface area contributed by atoms with Crippen molar-refractivity contribution in [1.29, 1.82) is 0 Å². The van der Waals surface area contributed by atoms with Gasteiger partial charge in [-0.05, 0) is 25.7 Å². The summed E-state index contributed by atoms with van der Waals surface area (Å²) in [6.07, 6.45) is 4.21. The normalized spacial score (nSPS) is 22.3. The molecule has 128 valence electrons. The summed E-state index contributed by atoms with van der Waals surface area (Å²) in [5.41, 5.74) is 0. The number of amides is 3. The minimum atomic E-state index is -0.382. The molecule has 0 aromatic rings. The maximum atomic E-state index is 12.3. The summed E-state index contributed by atoms with van der Waals surface area (Å²) in [5, 5.41) is 0. The van der Waals surface area contributed by atoms with Crippen LogP contribution < -0.4 is 0 Å². The van der Waals surface area contributed by atoms with Crippen molar-refractivity contribution in [3.05, 3.63) is 0 Å². The first-order valence-electron chi connectivity index (χ1n) is 8.62. The smallest absolute Gasteiger partial charge is 0.312 e. The van der Waals surface area contributed by atoms with Gasteiger partial charge < -0.3 is 14.7 Å². The minimum Gasteiger partial charge on any atom is -0.342 e. The van der Waals surface area contributed by atoms with Gasteiger partial charge in [0.15, 0.2) is 0 Å². The molecular formula is C16H26N4O3. The fourth-order valence-corrected chi connectivity index (χ4v) is 3.27. The lowest BCUT2D eigenvalue weighted by Crippen LogP contribution is -2.54. The molecular weight excluding hydrogens is 296 g/mol. The Morgan fingerprint density at radius 2 is 1.39 bits per heavy atom. The number of hydrogen-bond donors (Lipinski definition) is 0. The molecule has 1 aliphatic carbocycles. The quantitative estimate of drug-likeness (QED) is 0.649. The predicted octanol–water partition coefficient (Wildman–Crippen LogP) is -0.626. The molecule has 2 aliphatic heterocycles. The van der Waals surface area contributed by atoms with Gasteiger partial charge in [-0.15, -0.1) is 0 Å². The van der Waals surface area contributed by atoms with Crippen LogP contribution in [0.3, 0.4) is 0 Å². The zero-order valence-corrected chi connectivity index (χ0v) is 13.9. The van der Waals surface area contributed by atoms with E-state index in [4.69, 9.17) is 0 Å². The maximum absolute atomic E-state index is 12.3. The second-order valence-corrected chi connectivity index (χ2v) is 6.80. The molecule has 3 fully saturated rings. The molecule has 3 aliphatic rings. The van der Waals surface area contributed by atoms with E-state index in [2.05, 4.69) is 4.90 Å². The van der Waals surface area contributed by atoms with Crippen molar-refractivity contribution < 1.29 is 14.4 Å². The fourth-order valence-electron chi connectivity index (χ4n) is 3.27. The first-order valence-corrected chi connectivity index (χ1v) is 8.62. The number of likely N-dealkylation sites (N-methyl/N-ethyl adjacent to an activating group) is 1. The highest BCUT2D eigenvalue weighted by Crippen LogP contribution is 2.25. The molecule has 0 bridgehead atoms. The Balaban J connectivity index is 1.43. The van der Waals surface area contributed by atoms with Crippen molar-refractivity contribution in [3.63, 3.8) is 0 Å². The Morgan fingerprint density at radius 1 is 0.870 bits per heavy atom. The van der Waals surface area contributed by atoms with E-state index >= 15 is 0 Å². The summed E-state index contributed by atoms with van der Waals surface area (Å²) in [6, 6.07) is 0.434. The van der Waals surface area contributed by atoms with Gasteiger partial charge in [-0.1, -0.05) is 0 Å². The Kier molecular flexibility index (Phi) is 4.84. The molecule has 0 spiro atoms. The Morgan fingerprint density at radius 3 is 1.91 bits per heavy atom. The number of rotatable bonds is 3. The zero-order chi connectivity index (χ0) is 16.4. The molecule has 0 N–H and O–H groups in total. The lowest BCUT2D eigenvalue weighted by atomic mass is 10.3. The third-order valence-corrected chi connectivity index (χ3v) is 5.08. The van der Waals surface area contributed by atoms with Crippen LogP contribution >= 0.6 is 0 Å². The van der Waals surface area contributed by atoms with Gasteiger partial charge in [-0.3, -0.25) is 19.3 Å². The summed E-state index contributed by atoms with van der Waals surface area (Å²) in [7, 11) is 1.87. The van der Waals surface area contributed by atoms with Gasteiger partial charge >= 0.3 is 11.8 Å². The van der Waals surface area contributed by atoms with Crippen LogP contribution in [0.15, 0.2) is 0 Å². The van der Waals surface area contributed by atoms with Crippen LogP contribution in [-0.2, 0) is 14.4 Å². The first-order chi connectivity index (χ1) is 11.1. The Hall–Kier alpha value is -1.63. The second kappa shape index (κ2) is 6.86. The van der Waals surface area contributed by atoms with Crippen molar-refractivity contribution in [2.45, 2.75) is 31.7 Å². The highest BCUT2D eigenvalue weighted by atomic mass is 16.2. The van der Waals surface area contributed by atoms with Crippen molar-refractivity contribution in [3.8, 4) is 0 Å². The van der Waals surface area contributed by atoms with Gasteiger partial charge in [0, 0.05) is 52.4 Å². The van der Waals surface area contributed by atoms with E-state index < -0.39 is 0 Å². The van der Waals surface area contributed by atoms with E-state index in [-0.39, 0.29) is 17.7 Å². The maximum Gasteiger partial charge on any atom is 0.312 e. The van der Waals surface area contributed by atoms with Crippen LogP contribution in [0.2, 0.25) is 0 Å². The number of nitrogens with zero attached hydrogens (tertiary/aromatic N) is 4. The topological polar surface area (TPSA) is 64.2 Å². The van der Waals surface area contributed by atoms with Crippen molar-refractivity contribution in [2.75, 3.05) is 52.9 Å². The molecule has 2 heterocycles. The van der Waals surface area contributed by atoms with Crippen LogP contribution in [0.5, 0.6) is 0 Å². The SMILES string of the molecule is CN(C(=O)CN1CCN(C(=O)C(=O)N2CCCC2)CC1)C1CC1. The number of carbonyl (C=O) groups excluding carboxylic acids is 3. The average Bonchev–Trinajstić information content (AvgIpc) is 3.27. The predicted molar refractivity (Wildman–Crippen MR) is 84.6 cm³/mol. The lowest BCUT2D eigenvalue weighted by Gasteiger charge is -2.35. The van der Waals surface area contributed by atoms with E-state index in [0.717, 1.165) is 25.7 Å². The molecule has 1 saturated carbocycles. The molecule has 23 heavy (non-hydrogen) atoms. The monoisotopic (exact) mass is 322 g/mol. The molecule has 0 atom stereocenters. The first kappa shape index (κ1) is 16.2. The van der Waals surface area contributed by atoms with E-state index in [1.165, 1.54) is 0 Å². The summed E-state index contributed by atoms with van der Waals surface area (Å²) < 4.78 is 0. The highest BCUT2D eigenvalue weighted by molar-refractivity contribution is 6.34. The molecule has 3 amide bonds. The Labute approximate surface area is 137 Å². The minimum absolute atomic E-state index is 0.153. The van der Waals surface area contributed by atoms with Crippen molar-refractivity contribution in [2.24, 2.45) is 0 Å². The molecule has 0 aromatic heterocycles. The third-order valence-electron chi connectivity index (χ3n) is 5.08. The van der Waals surface area contributed by atoms with Crippen LogP contribution in [0.4, 0.5) is 0 Å². The van der Waals surface area contributed by atoms with Gasteiger partial charge in [-0.2, -0.15) is 0 Å².